The van der Waals surface area contributed by atoms with Crippen LogP contribution in [0.2, 0.25) is 0 Å². The van der Waals surface area contributed by atoms with Gasteiger partial charge in [0, 0.05) is 45.2 Å². The predicted octanol–water partition coefficient (Wildman–Crippen LogP) is 2.11. The monoisotopic (exact) mass is 473 g/mol. The summed E-state index contributed by atoms with van der Waals surface area (Å²) in [7, 11) is 1.60. The van der Waals surface area contributed by atoms with E-state index in [4.69, 9.17) is 4.74 Å². The number of amides is 2. The molecule has 1 aliphatic rings. The van der Waals surface area contributed by atoms with Gasteiger partial charge in [0.2, 0.25) is 5.91 Å². The summed E-state index contributed by atoms with van der Waals surface area (Å²) in [6.07, 6.45) is 0. The highest BCUT2D eigenvalue weighted by molar-refractivity contribution is 7.20. The van der Waals surface area contributed by atoms with E-state index in [0.717, 1.165) is 21.5 Å². The summed E-state index contributed by atoms with van der Waals surface area (Å²) in [5.74, 6) is -0.290. The van der Waals surface area contributed by atoms with Crippen molar-refractivity contribution in [1.29, 1.82) is 0 Å². The van der Waals surface area contributed by atoms with Gasteiger partial charge in [-0.05, 0) is 30.7 Å². The number of methoxy groups -OCH3 is 1. The number of fused-ring (bicyclic) bond motifs is 1. The van der Waals surface area contributed by atoms with E-state index in [1.165, 1.54) is 23.5 Å². The van der Waals surface area contributed by atoms with Crippen molar-refractivity contribution in [3.8, 4) is 0 Å². The third-order valence-electron chi connectivity index (χ3n) is 5.72. The number of halogens is 1. The van der Waals surface area contributed by atoms with Crippen LogP contribution in [0.1, 0.15) is 20.9 Å². The largest absolute Gasteiger partial charge is 0.383 e. The van der Waals surface area contributed by atoms with Crippen molar-refractivity contribution in [3.63, 3.8) is 0 Å². The van der Waals surface area contributed by atoms with Crippen molar-refractivity contribution >= 4 is 33.4 Å². The topological polar surface area (TPSA) is 79.7 Å². The van der Waals surface area contributed by atoms with Gasteiger partial charge in [0.15, 0.2) is 0 Å². The summed E-state index contributed by atoms with van der Waals surface area (Å²) in [4.78, 5) is 30.7. The van der Waals surface area contributed by atoms with Gasteiger partial charge in [0.05, 0.1) is 30.3 Å². The Labute approximate surface area is 195 Å². The maximum absolute atomic E-state index is 13.2. The quantitative estimate of drug-likeness (QED) is 0.507. The zero-order valence-electron chi connectivity index (χ0n) is 18.8. The number of hydrogen-bond donors (Lipinski definition) is 1. The van der Waals surface area contributed by atoms with Crippen molar-refractivity contribution in [3.05, 3.63) is 52.3 Å². The predicted molar refractivity (Wildman–Crippen MR) is 125 cm³/mol. The Kier molecular flexibility index (Phi) is 7.36. The molecule has 33 heavy (non-hydrogen) atoms. The lowest BCUT2D eigenvalue weighted by Gasteiger charge is -2.34. The van der Waals surface area contributed by atoms with Crippen molar-refractivity contribution in [2.75, 3.05) is 53.0 Å². The van der Waals surface area contributed by atoms with Crippen LogP contribution in [0.25, 0.3) is 10.2 Å². The molecule has 1 aromatic carbocycles. The summed E-state index contributed by atoms with van der Waals surface area (Å²) >= 11 is 1.44. The maximum atomic E-state index is 13.2. The molecule has 1 saturated heterocycles. The Morgan fingerprint density at radius 1 is 1.18 bits per heavy atom. The summed E-state index contributed by atoms with van der Waals surface area (Å²) < 4.78 is 20.0. The molecule has 4 rings (SSSR count). The van der Waals surface area contributed by atoms with E-state index in [9.17, 15) is 14.0 Å². The molecule has 176 valence electrons. The number of aromatic nitrogens is 2. The van der Waals surface area contributed by atoms with Gasteiger partial charge >= 0.3 is 0 Å². The second-order valence-corrected chi connectivity index (χ2v) is 9.14. The van der Waals surface area contributed by atoms with E-state index >= 15 is 0 Å². The van der Waals surface area contributed by atoms with Gasteiger partial charge in [-0.3, -0.25) is 19.2 Å². The Hall–Kier alpha value is -2.82. The van der Waals surface area contributed by atoms with Crippen LogP contribution >= 0.6 is 11.3 Å². The van der Waals surface area contributed by atoms with Crippen LogP contribution in [0.4, 0.5) is 4.39 Å². The molecule has 10 heteroatoms. The van der Waals surface area contributed by atoms with Gasteiger partial charge in [0.25, 0.3) is 5.91 Å². The minimum atomic E-state index is -0.267. The van der Waals surface area contributed by atoms with Gasteiger partial charge in [-0.1, -0.05) is 12.1 Å². The molecule has 1 aliphatic heterocycles. The summed E-state index contributed by atoms with van der Waals surface area (Å²) in [5, 5.41) is 8.39. The van der Waals surface area contributed by atoms with Gasteiger partial charge < -0.3 is 15.0 Å². The average Bonchev–Trinajstić information content (AvgIpc) is 3.37. The van der Waals surface area contributed by atoms with Crippen LogP contribution in [0, 0.1) is 12.7 Å². The minimum absolute atomic E-state index is 0.00753. The lowest BCUT2D eigenvalue weighted by molar-refractivity contribution is -0.122. The lowest BCUT2D eigenvalue weighted by Crippen LogP contribution is -2.51. The van der Waals surface area contributed by atoms with Crippen molar-refractivity contribution in [2.45, 2.75) is 13.5 Å². The van der Waals surface area contributed by atoms with Gasteiger partial charge in [-0.25, -0.2) is 4.39 Å². The first-order valence-electron chi connectivity index (χ1n) is 10.9. The van der Waals surface area contributed by atoms with Crippen LogP contribution < -0.4 is 5.32 Å². The van der Waals surface area contributed by atoms with E-state index < -0.39 is 0 Å². The molecule has 2 aromatic heterocycles. The Morgan fingerprint density at radius 3 is 2.61 bits per heavy atom. The second kappa shape index (κ2) is 10.4. The molecule has 0 bridgehead atoms. The molecule has 0 spiro atoms. The number of ether oxygens (including phenoxy) is 1. The van der Waals surface area contributed by atoms with E-state index in [1.54, 1.807) is 19.2 Å². The van der Waals surface area contributed by atoms with Gasteiger partial charge in [-0.15, -0.1) is 11.3 Å². The molecule has 0 saturated carbocycles. The third kappa shape index (κ3) is 5.58. The number of rotatable bonds is 8. The molecule has 2 amide bonds. The normalized spacial score (nSPS) is 14.7. The molecule has 0 unspecified atom stereocenters. The first-order valence-corrected chi connectivity index (χ1v) is 11.7. The fraction of sp³-hybridized carbons (Fsp3) is 0.435. The first kappa shape index (κ1) is 23.3. The SMILES string of the molecule is COCCNC(=O)CN1CCN(C(=O)c2cc3c(C)nn(Cc4ccc(F)cc4)c3s2)CC1. The molecule has 0 aliphatic carbocycles. The zero-order valence-corrected chi connectivity index (χ0v) is 19.7. The highest BCUT2D eigenvalue weighted by Crippen LogP contribution is 2.30. The van der Waals surface area contributed by atoms with Crippen molar-refractivity contribution < 1.29 is 18.7 Å². The lowest BCUT2D eigenvalue weighted by atomic mass is 10.2. The molecule has 1 N–H and O–H groups in total. The van der Waals surface area contributed by atoms with Crippen LogP contribution in [0.3, 0.4) is 0 Å². The fourth-order valence-electron chi connectivity index (χ4n) is 3.90. The Bertz CT molecular complexity index is 1120. The molecule has 0 atom stereocenters. The number of carbonyl (C=O) groups is 2. The summed E-state index contributed by atoms with van der Waals surface area (Å²) in [6, 6.07) is 8.29. The third-order valence-corrected chi connectivity index (χ3v) is 6.86. The number of nitrogens with zero attached hydrogens (tertiary/aromatic N) is 4. The van der Waals surface area contributed by atoms with Crippen molar-refractivity contribution in [1.82, 2.24) is 24.9 Å². The number of hydrogen-bond acceptors (Lipinski definition) is 6. The average molecular weight is 474 g/mol. The zero-order chi connectivity index (χ0) is 23.4. The molecule has 1 fully saturated rings. The Morgan fingerprint density at radius 2 is 1.91 bits per heavy atom. The van der Waals surface area contributed by atoms with Crippen LogP contribution in [-0.4, -0.2) is 84.4 Å². The van der Waals surface area contributed by atoms with E-state index in [1.807, 2.05) is 22.6 Å². The molecule has 8 nitrogen and oxygen atoms in total. The number of nitrogens with one attached hydrogen (secondary N) is 1. The van der Waals surface area contributed by atoms with Gasteiger partial charge in [-0.2, -0.15) is 5.10 Å². The highest BCUT2D eigenvalue weighted by atomic mass is 32.1. The Balaban J connectivity index is 1.38. The van der Waals surface area contributed by atoms with E-state index in [-0.39, 0.29) is 17.6 Å². The smallest absolute Gasteiger partial charge is 0.264 e. The van der Waals surface area contributed by atoms with Crippen LogP contribution in [-0.2, 0) is 16.1 Å². The number of carbonyl (C=O) groups excluding carboxylic acids is 2. The molecular formula is C23H28FN5O3S. The van der Waals surface area contributed by atoms with E-state index in [0.29, 0.717) is 57.3 Å². The van der Waals surface area contributed by atoms with Crippen LogP contribution in [0.5, 0.6) is 0 Å². The second-order valence-electron chi connectivity index (χ2n) is 8.11. The van der Waals surface area contributed by atoms with Gasteiger partial charge in [0.1, 0.15) is 10.6 Å². The number of aryl methyl sites for hydroxylation is 1. The number of piperazine rings is 1. The summed E-state index contributed by atoms with van der Waals surface area (Å²) in [5.41, 5.74) is 1.82. The molecule has 3 aromatic rings. The summed E-state index contributed by atoms with van der Waals surface area (Å²) in [6.45, 7) is 6.25. The fourth-order valence-corrected chi connectivity index (χ4v) is 5.03. The number of thiophene rings is 1. The highest BCUT2D eigenvalue weighted by Gasteiger charge is 2.25. The van der Waals surface area contributed by atoms with Crippen LogP contribution in [0.15, 0.2) is 30.3 Å². The minimum Gasteiger partial charge on any atom is -0.383 e. The van der Waals surface area contributed by atoms with E-state index in [2.05, 4.69) is 15.3 Å². The maximum Gasteiger partial charge on any atom is 0.264 e. The molecule has 0 radical (unpaired) electrons. The van der Waals surface area contributed by atoms with Crippen molar-refractivity contribution in [2.24, 2.45) is 0 Å². The first-order chi connectivity index (χ1) is 15.9. The number of benzene rings is 1. The standard InChI is InChI=1S/C23H28FN5O3S/c1-16-19-13-20(33-23(19)29(26-16)14-17-3-5-18(24)6-4-17)22(31)28-10-8-27(9-11-28)15-21(30)25-7-12-32-2/h3-6,13H,7-12,14-15H2,1-2H3,(H,25,30). The molecule has 3 heterocycles. The molecular weight excluding hydrogens is 445 g/mol.